The highest BCUT2D eigenvalue weighted by atomic mass is 16.5. The van der Waals surface area contributed by atoms with Crippen LogP contribution in [0.4, 0.5) is 11.4 Å². The van der Waals surface area contributed by atoms with E-state index in [4.69, 9.17) is 9.47 Å². The van der Waals surface area contributed by atoms with Crippen LogP contribution in [-0.4, -0.2) is 25.7 Å². The summed E-state index contributed by atoms with van der Waals surface area (Å²) in [6.45, 7) is 1.10. The molecule has 0 heterocycles. The maximum Gasteiger partial charge on any atom is 0.243 e. The smallest absolute Gasteiger partial charge is 0.243 e. The summed E-state index contributed by atoms with van der Waals surface area (Å²) in [4.78, 5) is 12.4. The number of fused-ring (bicyclic) bond motifs is 1. The predicted octanol–water partition coefficient (Wildman–Crippen LogP) is 5.35. The average Bonchev–Trinajstić information content (AvgIpc) is 2.82. The number of carbonyl (C=O) groups excluding carboxylic acids is 1. The maximum atomic E-state index is 12.4. The molecule has 2 N–H and O–H groups in total. The Morgan fingerprint density at radius 2 is 1.32 bits per heavy atom. The largest absolute Gasteiger partial charge is 0.490 e. The fraction of sp³-hybridized carbons (Fsp3) is 0.115. The first-order valence-corrected chi connectivity index (χ1v) is 10.2. The average molecular weight is 412 g/mol. The normalized spacial score (nSPS) is 10.5. The molecule has 0 bridgehead atoms. The number of hydrogen-bond acceptors (Lipinski definition) is 4. The molecular formula is C26H24N2O3. The number of amides is 1. The molecule has 0 aromatic heterocycles. The van der Waals surface area contributed by atoms with Gasteiger partial charge in [0.1, 0.15) is 24.7 Å². The number of rotatable bonds is 9. The minimum absolute atomic E-state index is 0.102. The van der Waals surface area contributed by atoms with Crippen LogP contribution < -0.4 is 20.1 Å². The molecule has 0 fully saturated rings. The highest BCUT2D eigenvalue weighted by Gasteiger charge is 2.06. The molecule has 4 rings (SSSR count). The van der Waals surface area contributed by atoms with E-state index in [0.717, 1.165) is 33.6 Å². The van der Waals surface area contributed by atoms with E-state index in [1.807, 2.05) is 97.1 Å². The zero-order valence-corrected chi connectivity index (χ0v) is 17.1. The molecule has 0 radical (unpaired) electrons. The van der Waals surface area contributed by atoms with Crippen LogP contribution in [0.3, 0.4) is 0 Å². The van der Waals surface area contributed by atoms with Gasteiger partial charge in [-0.1, -0.05) is 54.6 Å². The fourth-order valence-corrected chi connectivity index (χ4v) is 3.22. The third kappa shape index (κ3) is 5.76. The van der Waals surface area contributed by atoms with Gasteiger partial charge in [0.2, 0.25) is 5.91 Å². The van der Waals surface area contributed by atoms with Crippen LogP contribution in [-0.2, 0) is 4.79 Å². The number of anilines is 2. The first-order chi connectivity index (χ1) is 15.3. The van der Waals surface area contributed by atoms with E-state index < -0.39 is 0 Å². The van der Waals surface area contributed by atoms with Crippen LogP contribution in [0.15, 0.2) is 97.1 Å². The summed E-state index contributed by atoms with van der Waals surface area (Å²) >= 11 is 0. The lowest BCUT2D eigenvalue weighted by atomic mass is 10.1. The summed E-state index contributed by atoms with van der Waals surface area (Å²) in [6.07, 6.45) is 0. The molecule has 5 nitrogen and oxygen atoms in total. The third-order valence-electron chi connectivity index (χ3n) is 4.74. The van der Waals surface area contributed by atoms with Gasteiger partial charge in [0, 0.05) is 16.8 Å². The topological polar surface area (TPSA) is 59.6 Å². The lowest BCUT2D eigenvalue weighted by Crippen LogP contribution is -2.21. The van der Waals surface area contributed by atoms with Crippen molar-refractivity contribution in [2.75, 3.05) is 30.4 Å². The van der Waals surface area contributed by atoms with Gasteiger partial charge in [-0.15, -0.1) is 0 Å². The van der Waals surface area contributed by atoms with Crippen molar-refractivity contribution in [3.63, 3.8) is 0 Å². The number of ether oxygens (including phenoxy) is 2. The lowest BCUT2D eigenvalue weighted by molar-refractivity contribution is -0.114. The predicted molar refractivity (Wildman–Crippen MR) is 125 cm³/mol. The molecule has 0 saturated heterocycles. The molecule has 0 spiro atoms. The van der Waals surface area contributed by atoms with Crippen LogP contribution in [0.1, 0.15) is 0 Å². The van der Waals surface area contributed by atoms with Gasteiger partial charge in [0.05, 0.1) is 6.54 Å². The van der Waals surface area contributed by atoms with E-state index in [0.29, 0.717) is 13.2 Å². The van der Waals surface area contributed by atoms with E-state index in [1.165, 1.54) is 0 Å². The number of hydrogen-bond donors (Lipinski definition) is 2. The van der Waals surface area contributed by atoms with Crippen molar-refractivity contribution in [2.24, 2.45) is 0 Å². The first-order valence-electron chi connectivity index (χ1n) is 10.2. The van der Waals surface area contributed by atoms with Gasteiger partial charge in [-0.2, -0.15) is 0 Å². The van der Waals surface area contributed by atoms with Crippen LogP contribution >= 0.6 is 0 Å². The SMILES string of the molecule is O=C(CNc1ccc(OCCOc2ccccc2)cc1)Nc1cccc2ccccc12. The molecule has 0 aliphatic carbocycles. The van der Waals surface area contributed by atoms with Crippen LogP contribution in [0.25, 0.3) is 10.8 Å². The summed E-state index contributed by atoms with van der Waals surface area (Å²) in [6, 6.07) is 31.0. The van der Waals surface area contributed by atoms with Crippen LogP contribution in [0, 0.1) is 0 Å². The minimum atomic E-state index is -0.102. The molecular weight excluding hydrogens is 388 g/mol. The van der Waals surface area contributed by atoms with Crippen molar-refractivity contribution in [3.8, 4) is 11.5 Å². The Bertz CT molecular complexity index is 1120. The van der Waals surface area contributed by atoms with E-state index in [-0.39, 0.29) is 12.5 Å². The third-order valence-corrected chi connectivity index (χ3v) is 4.74. The molecule has 0 aliphatic heterocycles. The lowest BCUT2D eigenvalue weighted by Gasteiger charge is -2.11. The van der Waals surface area contributed by atoms with Gasteiger partial charge >= 0.3 is 0 Å². The molecule has 5 heteroatoms. The second kappa shape index (κ2) is 10.2. The Morgan fingerprint density at radius 3 is 2.10 bits per heavy atom. The summed E-state index contributed by atoms with van der Waals surface area (Å²) < 4.78 is 11.3. The standard InChI is InChI=1S/C26H24N2O3/c29-26(28-25-12-6-8-20-7-4-5-11-24(20)25)19-27-21-13-15-23(16-14-21)31-18-17-30-22-9-2-1-3-10-22/h1-16,27H,17-19H2,(H,28,29). The molecule has 0 unspecified atom stereocenters. The maximum absolute atomic E-state index is 12.4. The second-order valence-corrected chi connectivity index (χ2v) is 6.96. The number of benzene rings is 4. The summed E-state index contributed by atoms with van der Waals surface area (Å²) in [5.41, 5.74) is 1.66. The molecule has 0 atom stereocenters. The van der Waals surface area contributed by atoms with Crippen molar-refractivity contribution in [1.29, 1.82) is 0 Å². The van der Waals surface area contributed by atoms with Gasteiger partial charge in [0.15, 0.2) is 0 Å². The zero-order valence-electron chi connectivity index (χ0n) is 17.1. The number of nitrogens with one attached hydrogen (secondary N) is 2. The highest BCUT2D eigenvalue weighted by molar-refractivity contribution is 6.03. The molecule has 31 heavy (non-hydrogen) atoms. The molecule has 0 saturated carbocycles. The van der Waals surface area contributed by atoms with Crippen molar-refractivity contribution in [1.82, 2.24) is 0 Å². The van der Waals surface area contributed by atoms with Gasteiger partial charge < -0.3 is 20.1 Å². The first kappa shape index (κ1) is 20.3. The quantitative estimate of drug-likeness (QED) is 0.364. The van der Waals surface area contributed by atoms with Gasteiger partial charge in [-0.05, 0) is 47.9 Å². The zero-order chi connectivity index (χ0) is 21.3. The fourth-order valence-electron chi connectivity index (χ4n) is 3.22. The van der Waals surface area contributed by atoms with E-state index in [2.05, 4.69) is 10.6 Å². The Kier molecular flexibility index (Phi) is 6.65. The van der Waals surface area contributed by atoms with Gasteiger partial charge in [-0.25, -0.2) is 0 Å². The molecule has 4 aromatic rings. The van der Waals surface area contributed by atoms with E-state index in [1.54, 1.807) is 0 Å². The molecule has 156 valence electrons. The van der Waals surface area contributed by atoms with Crippen molar-refractivity contribution < 1.29 is 14.3 Å². The molecule has 4 aromatic carbocycles. The second-order valence-electron chi connectivity index (χ2n) is 6.96. The van der Waals surface area contributed by atoms with Crippen molar-refractivity contribution in [2.45, 2.75) is 0 Å². The molecule has 1 amide bonds. The van der Waals surface area contributed by atoms with Crippen molar-refractivity contribution in [3.05, 3.63) is 97.1 Å². The van der Waals surface area contributed by atoms with Crippen LogP contribution in [0.2, 0.25) is 0 Å². The summed E-state index contributed by atoms with van der Waals surface area (Å²) in [5, 5.41) is 8.23. The van der Waals surface area contributed by atoms with Gasteiger partial charge in [0.25, 0.3) is 0 Å². The van der Waals surface area contributed by atoms with Gasteiger partial charge in [-0.3, -0.25) is 4.79 Å². The molecule has 0 aliphatic rings. The number of para-hydroxylation sites is 1. The van der Waals surface area contributed by atoms with Crippen molar-refractivity contribution >= 4 is 28.1 Å². The van der Waals surface area contributed by atoms with E-state index >= 15 is 0 Å². The Balaban J connectivity index is 1.22. The summed E-state index contributed by atoms with van der Waals surface area (Å²) in [7, 11) is 0. The minimum Gasteiger partial charge on any atom is -0.490 e. The monoisotopic (exact) mass is 412 g/mol. The highest BCUT2D eigenvalue weighted by Crippen LogP contribution is 2.23. The Morgan fingerprint density at radius 1 is 0.677 bits per heavy atom. The van der Waals surface area contributed by atoms with E-state index in [9.17, 15) is 4.79 Å². The Labute approximate surface area is 181 Å². The number of carbonyl (C=O) groups is 1. The summed E-state index contributed by atoms with van der Waals surface area (Å²) in [5.74, 6) is 1.48. The Hall–Kier alpha value is -3.99. The van der Waals surface area contributed by atoms with Crippen LogP contribution in [0.5, 0.6) is 11.5 Å².